The second kappa shape index (κ2) is 7.85. The Hall–Kier alpha value is -0.790. The van der Waals surface area contributed by atoms with Crippen LogP contribution in [0.5, 0.6) is 0 Å². The van der Waals surface area contributed by atoms with Crippen molar-refractivity contribution in [1.82, 2.24) is 14.7 Å². The molecular formula is C14H26IN5. The van der Waals surface area contributed by atoms with Crippen molar-refractivity contribution in [3.63, 3.8) is 0 Å². The van der Waals surface area contributed by atoms with Gasteiger partial charge in [0.15, 0.2) is 5.96 Å². The van der Waals surface area contributed by atoms with Crippen LogP contribution in [0.3, 0.4) is 0 Å². The molecule has 1 aromatic rings. The normalized spacial score (nSPS) is 19.9. The van der Waals surface area contributed by atoms with Gasteiger partial charge in [0.1, 0.15) is 0 Å². The molecule has 1 atom stereocenters. The summed E-state index contributed by atoms with van der Waals surface area (Å²) in [5.41, 5.74) is 8.40. The molecule has 0 spiro atoms. The third-order valence-corrected chi connectivity index (χ3v) is 3.72. The Bertz CT molecular complexity index is 454. The van der Waals surface area contributed by atoms with Crippen LogP contribution in [-0.4, -0.2) is 33.7 Å². The third kappa shape index (κ3) is 4.36. The molecule has 1 fully saturated rings. The van der Waals surface area contributed by atoms with Gasteiger partial charge in [-0.25, -0.2) is 4.99 Å². The second-order valence-electron chi connectivity index (χ2n) is 5.50. The number of guanidine groups is 1. The molecule has 6 heteroatoms. The molecule has 1 unspecified atom stereocenters. The van der Waals surface area contributed by atoms with E-state index in [1.54, 1.807) is 0 Å². The third-order valence-electron chi connectivity index (χ3n) is 3.72. The number of nitrogens with two attached hydrogens (primary N) is 1. The SMILES string of the molecule is CCc1nn(C)cc1CN=C(N)N1CCCC(C)C1.I. The summed E-state index contributed by atoms with van der Waals surface area (Å²) in [6, 6.07) is 0. The van der Waals surface area contributed by atoms with Crippen molar-refractivity contribution < 1.29 is 0 Å². The van der Waals surface area contributed by atoms with Crippen LogP contribution in [0.2, 0.25) is 0 Å². The number of aryl methyl sites for hydroxylation is 2. The van der Waals surface area contributed by atoms with E-state index in [2.05, 4.69) is 28.8 Å². The van der Waals surface area contributed by atoms with Gasteiger partial charge in [0.05, 0.1) is 12.2 Å². The van der Waals surface area contributed by atoms with E-state index in [1.807, 2.05) is 17.9 Å². The number of hydrogen-bond donors (Lipinski definition) is 1. The highest BCUT2D eigenvalue weighted by molar-refractivity contribution is 14.0. The fourth-order valence-electron chi connectivity index (χ4n) is 2.68. The first kappa shape index (κ1) is 17.3. The zero-order valence-electron chi connectivity index (χ0n) is 12.7. The highest BCUT2D eigenvalue weighted by Gasteiger charge is 2.17. The van der Waals surface area contributed by atoms with Gasteiger partial charge in [-0.3, -0.25) is 4.68 Å². The molecule has 2 N–H and O–H groups in total. The van der Waals surface area contributed by atoms with Gasteiger partial charge in [-0.1, -0.05) is 13.8 Å². The van der Waals surface area contributed by atoms with E-state index >= 15 is 0 Å². The molecule has 0 bridgehead atoms. The number of piperidine rings is 1. The van der Waals surface area contributed by atoms with Crippen LogP contribution < -0.4 is 5.73 Å². The first-order chi connectivity index (χ1) is 9.10. The topological polar surface area (TPSA) is 59.4 Å². The van der Waals surface area contributed by atoms with Crippen molar-refractivity contribution >= 4 is 29.9 Å². The lowest BCUT2D eigenvalue weighted by Gasteiger charge is -2.31. The van der Waals surface area contributed by atoms with Crippen LogP contribution in [0.15, 0.2) is 11.2 Å². The van der Waals surface area contributed by atoms with Crippen LogP contribution >= 0.6 is 24.0 Å². The molecule has 0 amide bonds. The quantitative estimate of drug-likeness (QED) is 0.488. The number of aromatic nitrogens is 2. The number of nitrogens with zero attached hydrogens (tertiary/aromatic N) is 4. The average molecular weight is 391 g/mol. The fraction of sp³-hybridized carbons (Fsp3) is 0.714. The van der Waals surface area contributed by atoms with Gasteiger partial charge in [-0.05, 0) is 25.2 Å². The molecule has 20 heavy (non-hydrogen) atoms. The van der Waals surface area contributed by atoms with Crippen molar-refractivity contribution in [2.75, 3.05) is 13.1 Å². The van der Waals surface area contributed by atoms with Gasteiger partial charge in [-0.15, -0.1) is 24.0 Å². The molecule has 2 heterocycles. The first-order valence-corrected chi connectivity index (χ1v) is 7.16. The maximum Gasteiger partial charge on any atom is 0.191 e. The fourth-order valence-corrected chi connectivity index (χ4v) is 2.68. The van der Waals surface area contributed by atoms with Crippen LogP contribution in [0, 0.1) is 5.92 Å². The van der Waals surface area contributed by atoms with Crippen molar-refractivity contribution in [3.8, 4) is 0 Å². The van der Waals surface area contributed by atoms with Gasteiger partial charge in [-0.2, -0.15) is 5.10 Å². The lowest BCUT2D eigenvalue weighted by molar-refractivity contribution is 0.270. The Kier molecular flexibility index (Phi) is 6.78. The largest absolute Gasteiger partial charge is 0.370 e. The minimum Gasteiger partial charge on any atom is -0.370 e. The lowest BCUT2D eigenvalue weighted by atomic mass is 10.0. The predicted molar refractivity (Wildman–Crippen MR) is 93.3 cm³/mol. The summed E-state index contributed by atoms with van der Waals surface area (Å²) in [5.74, 6) is 1.39. The number of rotatable bonds is 3. The maximum absolute atomic E-state index is 6.11. The summed E-state index contributed by atoms with van der Waals surface area (Å²) in [4.78, 5) is 6.75. The van der Waals surface area contributed by atoms with E-state index < -0.39 is 0 Å². The zero-order valence-corrected chi connectivity index (χ0v) is 15.0. The summed E-state index contributed by atoms with van der Waals surface area (Å²) >= 11 is 0. The smallest absolute Gasteiger partial charge is 0.191 e. The number of likely N-dealkylation sites (tertiary alicyclic amines) is 1. The molecule has 1 aliphatic heterocycles. The Morgan fingerprint density at radius 2 is 2.30 bits per heavy atom. The Balaban J connectivity index is 0.00000200. The zero-order chi connectivity index (χ0) is 13.8. The van der Waals surface area contributed by atoms with Gasteiger partial charge >= 0.3 is 0 Å². The first-order valence-electron chi connectivity index (χ1n) is 7.16. The van der Waals surface area contributed by atoms with Crippen LogP contribution in [0.25, 0.3) is 0 Å². The number of aliphatic imine (C=N–C) groups is 1. The summed E-state index contributed by atoms with van der Waals surface area (Å²) in [5, 5.41) is 4.42. The van der Waals surface area contributed by atoms with Crippen LogP contribution in [0.1, 0.15) is 37.9 Å². The molecule has 0 aromatic carbocycles. The van der Waals surface area contributed by atoms with Crippen molar-refractivity contribution in [2.24, 2.45) is 23.7 Å². The molecule has 5 nitrogen and oxygen atoms in total. The maximum atomic E-state index is 6.11. The van der Waals surface area contributed by atoms with Crippen molar-refractivity contribution in [1.29, 1.82) is 0 Å². The van der Waals surface area contributed by atoms with Crippen molar-refractivity contribution in [2.45, 2.75) is 39.7 Å². The van der Waals surface area contributed by atoms with E-state index in [0.717, 1.165) is 25.2 Å². The highest BCUT2D eigenvalue weighted by atomic mass is 127. The van der Waals surface area contributed by atoms with Gasteiger partial charge < -0.3 is 10.6 Å². The molecule has 1 aromatic heterocycles. The van der Waals surface area contributed by atoms with Gasteiger partial charge in [0.2, 0.25) is 0 Å². The average Bonchev–Trinajstić information content (AvgIpc) is 2.76. The minimum atomic E-state index is 0. The Morgan fingerprint density at radius 1 is 1.55 bits per heavy atom. The molecular weight excluding hydrogens is 365 g/mol. The van der Waals surface area contributed by atoms with E-state index in [-0.39, 0.29) is 24.0 Å². The molecule has 0 saturated carbocycles. The summed E-state index contributed by atoms with van der Waals surface area (Å²) in [6.07, 6.45) is 5.48. The van der Waals surface area contributed by atoms with E-state index in [9.17, 15) is 0 Å². The predicted octanol–water partition coefficient (Wildman–Crippen LogP) is 2.15. The lowest BCUT2D eigenvalue weighted by Crippen LogP contribution is -2.43. The van der Waals surface area contributed by atoms with E-state index in [0.29, 0.717) is 18.4 Å². The van der Waals surface area contributed by atoms with E-state index in [1.165, 1.54) is 18.4 Å². The van der Waals surface area contributed by atoms with Gasteiger partial charge in [0.25, 0.3) is 0 Å². The Morgan fingerprint density at radius 3 is 2.95 bits per heavy atom. The molecule has 0 aliphatic carbocycles. The number of hydrogen-bond acceptors (Lipinski definition) is 2. The van der Waals surface area contributed by atoms with Gasteiger partial charge in [0, 0.05) is 31.9 Å². The summed E-state index contributed by atoms with van der Waals surface area (Å²) < 4.78 is 1.85. The monoisotopic (exact) mass is 391 g/mol. The Labute approximate surface area is 138 Å². The van der Waals surface area contributed by atoms with Crippen LogP contribution in [-0.2, 0) is 20.0 Å². The van der Waals surface area contributed by atoms with Crippen molar-refractivity contribution in [3.05, 3.63) is 17.5 Å². The molecule has 2 rings (SSSR count). The minimum absolute atomic E-state index is 0. The summed E-state index contributed by atoms with van der Waals surface area (Å²) in [6.45, 7) is 7.09. The molecule has 114 valence electrons. The molecule has 1 saturated heterocycles. The molecule has 0 radical (unpaired) electrons. The van der Waals surface area contributed by atoms with Crippen LogP contribution in [0.4, 0.5) is 0 Å². The highest BCUT2D eigenvalue weighted by Crippen LogP contribution is 2.15. The molecule has 1 aliphatic rings. The summed E-state index contributed by atoms with van der Waals surface area (Å²) in [7, 11) is 1.95. The second-order valence-corrected chi connectivity index (χ2v) is 5.50. The number of halogens is 1. The van der Waals surface area contributed by atoms with E-state index in [4.69, 9.17) is 5.73 Å². The standard InChI is InChI=1S/C14H25N5.HI/c1-4-13-12(10-18(3)17-13)8-16-14(15)19-7-5-6-11(2)9-19;/h10-11H,4-9H2,1-3H3,(H2,15,16);1H.